The fourth-order valence-electron chi connectivity index (χ4n) is 5.54. The number of hydrogen-bond donors (Lipinski definition) is 0. The third-order valence-corrected chi connectivity index (χ3v) is 7.86. The Bertz CT molecular complexity index is 880. The number of Topliss-reactive ketones (excluding diaryl/α,β-unsaturated/α-hetero) is 1. The number of rotatable bonds is 24. The van der Waals surface area contributed by atoms with Crippen LogP contribution in [0.5, 0.6) is 0 Å². The number of nitrogens with zero attached hydrogens (tertiary/aromatic N) is 3. The highest BCUT2D eigenvalue weighted by molar-refractivity contribution is 5.78. The molecule has 0 saturated heterocycles. The van der Waals surface area contributed by atoms with Crippen LogP contribution in [0.3, 0.4) is 0 Å². The van der Waals surface area contributed by atoms with E-state index in [1.165, 1.54) is 5.69 Å². The van der Waals surface area contributed by atoms with Crippen molar-refractivity contribution < 1.29 is 38.0 Å². The Labute approximate surface area is 244 Å². The summed E-state index contributed by atoms with van der Waals surface area (Å²) in [6, 6.07) is 0. The minimum atomic E-state index is -0.133. The zero-order valence-corrected chi connectivity index (χ0v) is 25.2. The Morgan fingerprint density at radius 2 is 1.44 bits per heavy atom. The number of carbonyl (C=O) groups excluding carboxylic acids is 2. The van der Waals surface area contributed by atoms with E-state index in [0.29, 0.717) is 122 Å². The molecule has 3 rings (SSSR count). The van der Waals surface area contributed by atoms with Gasteiger partial charge < -0.3 is 28.4 Å². The van der Waals surface area contributed by atoms with Crippen LogP contribution in [0.4, 0.5) is 0 Å². The molecule has 2 aliphatic rings. The molecule has 0 amide bonds. The Morgan fingerprint density at radius 1 is 0.805 bits per heavy atom. The van der Waals surface area contributed by atoms with Crippen LogP contribution in [0.15, 0.2) is 0 Å². The number of hydrogen-bond acceptors (Lipinski definition) is 10. The summed E-state index contributed by atoms with van der Waals surface area (Å²) in [6.07, 6.45) is 8.04. The molecule has 1 aromatic rings. The van der Waals surface area contributed by atoms with Crippen molar-refractivity contribution in [1.29, 1.82) is 0 Å². The predicted molar refractivity (Wildman–Crippen MR) is 152 cm³/mol. The Morgan fingerprint density at radius 3 is 2.15 bits per heavy atom. The molecule has 1 heterocycles. The topological polar surface area (TPSA) is 120 Å². The van der Waals surface area contributed by atoms with Crippen LogP contribution >= 0.6 is 0 Å². The van der Waals surface area contributed by atoms with E-state index >= 15 is 0 Å². The van der Waals surface area contributed by atoms with Gasteiger partial charge in [-0.1, -0.05) is 12.1 Å². The van der Waals surface area contributed by atoms with Gasteiger partial charge in [0.05, 0.1) is 70.8 Å². The van der Waals surface area contributed by atoms with E-state index in [0.717, 1.165) is 44.2 Å². The van der Waals surface area contributed by atoms with Crippen LogP contribution < -0.4 is 0 Å². The van der Waals surface area contributed by atoms with Gasteiger partial charge in [-0.25, -0.2) is 4.68 Å². The number of fused-ring (bicyclic) bond motifs is 2. The maximum Gasteiger partial charge on any atom is 0.305 e. The van der Waals surface area contributed by atoms with Gasteiger partial charge >= 0.3 is 5.97 Å². The molecule has 0 aromatic carbocycles. The van der Waals surface area contributed by atoms with E-state index < -0.39 is 0 Å². The van der Waals surface area contributed by atoms with Gasteiger partial charge in [-0.05, 0) is 62.7 Å². The lowest BCUT2D eigenvalue weighted by atomic mass is 10.0. The first-order valence-corrected chi connectivity index (χ1v) is 15.5. The lowest BCUT2D eigenvalue weighted by Gasteiger charge is -2.11. The molecule has 0 bridgehead atoms. The lowest BCUT2D eigenvalue weighted by Crippen LogP contribution is -2.15. The minimum Gasteiger partial charge on any atom is -0.465 e. The normalized spacial score (nSPS) is 19.7. The standard InChI is InChI=1S/C30H51N3O8/c1-3-6-24(34)7-4-14-38-19-21-40-22-20-39-16-13-33-29-12-10-26-25(9-11-28(29)31-32-33)27(26)23-41-30(35)8-5-15-37-18-17-36-2/h25-27H,3-23H2,1-2H3. The average Bonchev–Trinajstić information content (AvgIpc) is 3.47. The van der Waals surface area contributed by atoms with Crippen LogP contribution in [0, 0.1) is 17.8 Å². The van der Waals surface area contributed by atoms with Crippen LogP contribution in [0.2, 0.25) is 0 Å². The van der Waals surface area contributed by atoms with Crippen molar-refractivity contribution >= 4 is 11.8 Å². The van der Waals surface area contributed by atoms with Gasteiger partial charge in [0.25, 0.3) is 0 Å². The van der Waals surface area contributed by atoms with E-state index in [1.807, 2.05) is 11.6 Å². The fraction of sp³-hybridized carbons (Fsp3) is 0.867. The first-order chi connectivity index (χ1) is 20.1. The molecular formula is C30H51N3O8. The predicted octanol–water partition coefficient (Wildman–Crippen LogP) is 3.20. The molecule has 3 atom stereocenters. The number of carbonyl (C=O) groups is 2. The number of ether oxygens (including phenoxy) is 6. The van der Waals surface area contributed by atoms with Crippen molar-refractivity contribution in [2.24, 2.45) is 17.8 Å². The summed E-state index contributed by atoms with van der Waals surface area (Å²) in [5.41, 5.74) is 2.31. The molecule has 1 fully saturated rings. The van der Waals surface area contributed by atoms with Crippen LogP contribution in [-0.4, -0.2) is 99.9 Å². The van der Waals surface area contributed by atoms with E-state index in [4.69, 9.17) is 28.4 Å². The molecule has 41 heavy (non-hydrogen) atoms. The zero-order chi connectivity index (χ0) is 29.1. The second kappa shape index (κ2) is 20.1. The molecule has 1 aromatic heterocycles. The van der Waals surface area contributed by atoms with E-state index in [-0.39, 0.29) is 5.97 Å². The van der Waals surface area contributed by atoms with E-state index in [1.54, 1.807) is 7.11 Å². The van der Waals surface area contributed by atoms with E-state index in [9.17, 15) is 9.59 Å². The Kier molecular flexibility index (Phi) is 16.4. The largest absolute Gasteiger partial charge is 0.465 e. The first-order valence-electron chi connectivity index (χ1n) is 15.5. The molecule has 11 heteroatoms. The highest BCUT2D eigenvalue weighted by atomic mass is 16.5. The smallest absolute Gasteiger partial charge is 0.305 e. The molecular weight excluding hydrogens is 530 g/mol. The number of aryl methyl sites for hydroxylation is 1. The van der Waals surface area contributed by atoms with Gasteiger partial charge in [0.1, 0.15) is 5.78 Å². The van der Waals surface area contributed by atoms with Crippen LogP contribution in [-0.2, 0) is 57.4 Å². The molecule has 1 saturated carbocycles. The lowest BCUT2D eigenvalue weighted by molar-refractivity contribution is -0.144. The average molecular weight is 582 g/mol. The molecule has 0 spiro atoms. The van der Waals surface area contributed by atoms with Gasteiger partial charge in [-0.15, -0.1) is 5.10 Å². The molecule has 0 aliphatic heterocycles. The minimum absolute atomic E-state index is 0.133. The Balaban J connectivity index is 1.20. The van der Waals surface area contributed by atoms with Gasteiger partial charge in [0.15, 0.2) is 0 Å². The molecule has 234 valence electrons. The number of methoxy groups -OCH3 is 1. The molecule has 0 radical (unpaired) electrons. The molecule has 11 nitrogen and oxygen atoms in total. The number of ketones is 1. The summed E-state index contributed by atoms with van der Waals surface area (Å²) in [5, 5.41) is 8.84. The monoisotopic (exact) mass is 581 g/mol. The summed E-state index contributed by atoms with van der Waals surface area (Å²) >= 11 is 0. The maximum absolute atomic E-state index is 12.1. The second-order valence-corrected chi connectivity index (χ2v) is 10.9. The highest BCUT2D eigenvalue weighted by Gasteiger charge is 2.50. The van der Waals surface area contributed by atoms with Crippen molar-refractivity contribution in [3.8, 4) is 0 Å². The molecule has 0 N–H and O–H groups in total. The summed E-state index contributed by atoms with van der Waals surface area (Å²) in [4.78, 5) is 23.6. The summed E-state index contributed by atoms with van der Waals surface area (Å²) < 4.78 is 34.7. The second-order valence-electron chi connectivity index (χ2n) is 10.9. The van der Waals surface area contributed by atoms with Gasteiger partial charge in [0, 0.05) is 39.6 Å². The number of esters is 1. The molecule has 2 aliphatic carbocycles. The highest BCUT2D eigenvalue weighted by Crippen LogP contribution is 2.52. The van der Waals surface area contributed by atoms with Crippen molar-refractivity contribution in [2.75, 3.05) is 73.2 Å². The zero-order valence-electron chi connectivity index (χ0n) is 25.2. The fourth-order valence-corrected chi connectivity index (χ4v) is 5.54. The van der Waals surface area contributed by atoms with Crippen LogP contribution in [0.1, 0.15) is 69.7 Å². The summed E-state index contributed by atoms with van der Waals surface area (Å²) in [5.74, 6) is 1.87. The SMILES string of the molecule is CCCC(=O)CCCOCCOCCOCCn1nnc2c1CCC1C(CC2)C1COC(=O)CCCOCCOC. The quantitative estimate of drug-likeness (QED) is 0.133. The maximum atomic E-state index is 12.1. The third-order valence-electron chi connectivity index (χ3n) is 7.86. The van der Waals surface area contributed by atoms with Crippen molar-refractivity contribution in [1.82, 2.24) is 15.0 Å². The van der Waals surface area contributed by atoms with Crippen LogP contribution in [0.25, 0.3) is 0 Å². The molecule has 3 unspecified atom stereocenters. The van der Waals surface area contributed by atoms with Gasteiger partial charge in [-0.2, -0.15) is 0 Å². The van der Waals surface area contributed by atoms with Crippen molar-refractivity contribution in [3.05, 3.63) is 11.4 Å². The van der Waals surface area contributed by atoms with Crippen molar-refractivity contribution in [2.45, 2.75) is 77.7 Å². The number of aromatic nitrogens is 3. The third kappa shape index (κ3) is 12.9. The summed E-state index contributed by atoms with van der Waals surface area (Å²) in [7, 11) is 1.64. The Hall–Kier alpha value is -1.92. The van der Waals surface area contributed by atoms with Crippen molar-refractivity contribution in [3.63, 3.8) is 0 Å². The first kappa shape index (κ1) is 33.6. The van der Waals surface area contributed by atoms with Gasteiger partial charge in [0.2, 0.25) is 0 Å². The van der Waals surface area contributed by atoms with Gasteiger partial charge in [-0.3, -0.25) is 9.59 Å². The summed E-state index contributed by atoms with van der Waals surface area (Å²) in [6.45, 7) is 8.14. The van der Waals surface area contributed by atoms with E-state index in [2.05, 4.69) is 10.3 Å².